The lowest BCUT2D eigenvalue weighted by Crippen LogP contribution is -2.39. The van der Waals surface area contributed by atoms with Crippen LogP contribution in [0.3, 0.4) is 0 Å². The molecular weight excluding hydrogens is 391 g/mol. The van der Waals surface area contributed by atoms with Gasteiger partial charge < -0.3 is 4.90 Å². The van der Waals surface area contributed by atoms with Gasteiger partial charge in [0.05, 0.1) is 12.7 Å². The number of carbonyl (C=O) groups is 1. The Morgan fingerprint density at radius 1 is 1.28 bits per heavy atom. The van der Waals surface area contributed by atoms with Crippen molar-refractivity contribution < 1.29 is 9.18 Å². The lowest BCUT2D eigenvalue weighted by Gasteiger charge is -2.33. The quantitative estimate of drug-likeness (QED) is 0.636. The van der Waals surface area contributed by atoms with E-state index in [1.165, 1.54) is 23.3 Å². The van der Waals surface area contributed by atoms with E-state index in [0.29, 0.717) is 29.7 Å². The topological polar surface area (TPSA) is 51.0 Å². The van der Waals surface area contributed by atoms with E-state index in [9.17, 15) is 9.18 Å². The first-order chi connectivity index (χ1) is 14.0. The SMILES string of the molecule is Cc1ccccc1[C@H]1CCCN(C(=O)c2cn(Cc3ccc(F)cc3Cl)nn2)C1. The van der Waals surface area contributed by atoms with Gasteiger partial charge in [-0.3, -0.25) is 4.79 Å². The van der Waals surface area contributed by atoms with Gasteiger partial charge >= 0.3 is 0 Å². The number of piperidine rings is 1. The number of benzene rings is 2. The smallest absolute Gasteiger partial charge is 0.276 e. The summed E-state index contributed by atoms with van der Waals surface area (Å²) in [5, 5.41) is 8.43. The monoisotopic (exact) mass is 412 g/mol. The molecule has 1 aromatic heterocycles. The zero-order valence-electron chi connectivity index (χ0n) is 16.2. The third-order valence-electron chi connectivity index (χ3n) is 5.44. The van der Waals surface area contributed by atoms with Gasteiger partial charge in [-0.25, -0.2) is 9.07 Å². The molecule has 4 rings (SSSR count). The summed E-state index contributed by atoms with van der Waals surface area (Å²) in [5.41, 5.74) is 3.59. The summed E-state index contributed by atoms with van der Waals surface area (Å²) in [6.45, 7) is 3.84. The van der Waals surface area contributed by atoms with E-state index in [0.717, 1.165) is 24.9 Å². The van der Waals surface area contributed by atoms with Gasteiger partial charge in [-0.05, 0) is 48.6 Å². The summed E-state index contributed by atoms with van der Waals surface area (Å²) >= 11 is 6.08. The number of hydrogen-bond acceptors (Lipinski definition) is 3. The van der Waals surface area contributed by atoms with Gasteiger partial charge in [-0.2, -0.15) is 0 Å². The second-order valence-corrected chi connectivity index (χ2v) is 7.89. The van der Waals surface area contributed by atoms with Crippen LogP contribution in [0, 0.1) is 12.7 Å². The normalized spacial score (nSPS) is 16.8. The summed E-state index contributed by atoms with van der Waals surface area (Å²) in [6, 6.07) is 12.6. The number of nitrogens with zero attached hydrogens (tertiary/aromatic N) is 4. The molecule has 0 radical (unpaired) electrons. The molecule has 1 saturated heterocycles. The molecule has 0 unspecified atom stereocenters. The average Bonchev–Trinajstić information content (AvgIpc) is 3.18. The Bertz CT molecular complexity index is 1040. The van der Waals surface area contributed by atoms with Gasteiger partial charge in [0.1, 0.15) is 5.82 Å². The molecule has 1 aliphatic heterocycles. The van der Waals surface area contributed by atoms with Gasteiger partial charge in [-0.1, -0.05) is 47.1 Å². The Morgan fingerprint density at radius 3 is 2.90 bits per heavy atom. The minimum absolute atomic E-state index is 0.111. The number of carbonyl (C=O) groups excluding carboxylic acids is 1. The van der Waals surface area contributed by atoms with E-state index >= 15 is 0 Å². The number of likely N-dealkylation sites (tertiary alicyclic amines) is 1. The molecule has 0 aliphatic carbocycles. The lowest BCUT2D eigenvalue weighted by molar-refractivity contribution is 0.0700. The van der Waals surface area contributed by atoms with Crippen LogP contribution in [0.4, 0.5) is 4.39 Å². The van der Waals surface area contributed by atoms with E-state index in [4.69, 9.17) is 11.6 Å². The third kappa shape index (κ3) is 4.32. The fourth-order valence-corrected chi connectivity index (χ4v) is 4.15. The Labute approximate surface area is 174 Å². The number of aryl methyl sites for hydroxylation is 1. The molecule has 29 heavy (non-hydrogen) atoms. The first-order valence-corrected chi connectivity index (χ1v) is 10.1. The highest BCUT2D eigenvalue weighted by atomic mass is 35.5. The lowest BCUT2D eigenvalue weighted by atomic mass is 9.88. The third-order valence-corrected chi connectivity index (χ3v) is 5.79. The molecule has 1 amide bonds. The number of halogens is 2. The van der Waals surface area contributed by atoms with Gasteiger partial charge in [-0.15, -0.1) is 5.10 Å². The second kappa shape index (κ2) is 8.33. The molecule has 0 N–H and O–H groups in total. The van der Waals surface area contributed by atoms with Crippen molar-refractivity contribution in [3.63, 3.8) is 0 Å². The highest BCUT2D eigenvalue weighted by molar-refractivity contribution is 6.31. The van der Waals surface area contributed by atoms with E-state index in [1.807, 2.05) is 11.0 Å². The molecule has 7 heteroatoms. The predicted molar refractivity (Wildman–Crippen MR) is 110 cm³/mol. The Morgan fingerprint density at radius 2 is 2.10 bits per heavy atom. The van der Waals surface area contributed by atoms with Crippen LogP contribution in [0.25, 0.3) is 0 Å². The number of hydrogen-bond donors (Lipinski definition) is 0. The van der Waals surface area contributed by atoms with Crippen molar-refractivity contribution in [1.82, 2.24) is 19.9 Å². The maximum absolute atomic E-state index is 13.2. The number of amides is 1. The van der Waals surface area contributed by atoms with Gasteiger partial charge in [0.15, 0.2) is 5.69 Å². The summed E-state index contributed by atoms with van der Waals surface area (Å²) in [6.07, 6.45) is 3.66. The van der Waals surface area contributed by atoms with E-state index < -0.39 is 0 Å². The Kier molecular flexibility index (Phi) is 5.62. The van der Waals surface area contributed by atoms with Crippen LogP contribution < -0.4 is 0 Å². The molecule has 0 spiro atoms. The fraction of sp³-hybridized carbons (Fsp3) is 0.318. The van der Waals surface area contributed by atoms with Gasteiger partial charge in [0, 0.05) is 24.0 Å². The van der Waals surface area contributed by atoms with Crippen LogP contribution in [0.2, 0.25) is 5.02 Å². The van der Waals surface area contributed by atoms with Gasteiger partial charge in [0.2, 0.25) is 0 Å². The second-order valence-electron chi connectivity index (χ2n) is 7.48. The minimum Gasteiger partial charge on any atom is -0.337 e. The predicted octanol–water partition coefficient (Wildman–Crippen LogP) is 4.45. The number of aromatic nitrogens is 3. The summed E-state index contributed by atoms with van der Waals surface area (Å²) in [5.74, 6) is -0.164. The van der Waals surface area contributed by atoms with Crippen LogP contribution in [0.5, 0.6) is 0 Å². The van der Waals surface area contributed by atoms with Crippen LogP contribution >= 0.6 is 11.6 Å². The van der Waals surface area contributed by atoms with E-state index in [2.05, 4.69) is 35.4 Å². The largest absolute Gasteiger partial charge is 0.337 e. The van der Waals surface area contributed by atoms with Crippen molar-refractivity contribution in [3.8, 4) is 0 Å². The Balaban J connectivity index is 1.46. The highest BCUT2D eigenvalue weighted by Gasteiger charge is 2.27. The molecule has 1 aliphatic rings. The molecule has 0 saturated carbocycles. The summed E-state index contributed by atoms with van der Waals surface area (Å²) < 4.78 is 14.8. The summed E-state index contributed by atoms with van der Waals surface area (Å²) in [7, 11) is 0. The van der Waals surface area contributed by atoms with Crippen LogP contribution in [0.15, 0.2) is 48.7 Å². The molecule has 1 atom stereocenters. The standard InChI is InChI=1S/C22H22ClFN4O/c1-15-5-2-3-7-19(15)16-6-4-10-27(12-16)22(29)21-14-28(26-25-21)13-17-8-9-18(24)11-20(17)23/h2-3,5,7-9,11,14,16H,4,6,10,12-13H2,1H3/t16-/m0/s1. The first kappa shape index (κ1) is 19.6. The highest BCUT2D eigenvalue weighted by Crippen LogP contribution is 2.29. The molecule has 0 bridgehead atoms. The molecular formula is C22H22ClFN4O. The zero-order valence-corrected chi connectivity index (χ0v) is 16.9. The van der Waals surface area contributed by atoms with Gasteiger partial charge in [0.25, 0.3) is 5.91 Å². The number of rotatable bonds is 4. The van der Waals surface area contributed by atoms with Crippen molar-refractivity contribution in [2.24, 2.45) is 0 Å². The van der Waals surface area contributed by atoms with E-state index in [-0.39, 0.29) is 11.7 Å². The van der Waals surface area contributed by atoms with Crippen molar-refractivity contribution in [2.45, 2.75) is 32.2 Å². The molecule has 2 aromatic carbocycles. The van der Waals surface area contributed by atoms with Crippen molar-refractivity contribution in [3.05, 3.63) is 81.9 Å². The van der Waals surface area contributed by atoms with Crippen molar-refractivity contribution in [2.75, 3.05) is 13.1 Å². The molecule has 5 nitrogen and oxygen atoms in total. The average molecular weight is 413 g/mol. The van der Waals surface area contributed by atoms with Crippen LogP contribution in [0.1, 0.15) is 45.9 Å². The molecule has 2 heterocycles. The molecule has 150 valence electrons. The van der Waals surface area contributed by atoms with Crippen LogP contribution in [-0.2, 0) is 6.54 Å². The molecule has 1 fully saturated rings. The first-order valence-electron chi connectivity index (χ1n) is 9.70. The van der Waals surface area contributed by atoms with E-state index in [1.54, 1.807) is 16.9 Å². The summed E-state index contributed by atoms with van der Waals surface area (Å²) in [4.78, 5) is 14.8. The van der Waals surface area contributed by atoms with Crippen molar-refractivity contribution in [1.29, 1.82) is 0 Å². The van der Waals surface area contributed by atoms with Crippen molar-refractivity contribution >= 4 is 17.5 Å². The Hall–Kier alpha value is -2.73. The zero-order chi connectivity index (χ0) is 20.4. The molecule has 3 aromatic rings. The maximum Gasteiger partial charge on any atom is 0.276 e. The minimum atomic E-state index is -0.387. The fourth-order valence-electron chi connectivity index (χ4n) is 3.92. The van der Waals surface area contributed by atoms with Crippen LogP contribution in [-0.4, -0.2) is 38.9 Å². The maximum atomic E-state index is 13.2.